The van der Waals surface area contributed by atoms with Crippen LogP contribution in [0, 0.1) is 0 Å². The first-order chi connectivity index (χ1) is 14.1. The van der Waals surface area contributed by atoms with E-state index in [-0.39, 0.29) is 0 Å². The van der Waals surface area contributed by atoms with Crippen molar-refractivity contribution in [1.29, 1.82) is 0 Å². The highest BCUT2D eigenvalue weighted by atomic mass is 79.9. The van der Waals surface area contributed by atoms with Gasteiger partial charge in [-0.2, -0.15) is 0 Å². The SMILES string of the molecule is COc1ccc(CNCc2cc(Br)c(OCc3ccccc3Cl)c(OC)c2)cc1. The molecule has 3 aromatic rings. The van der Waals surface area contributed by atoms with E-state index in [1.165, 1.54) is 5.56 Å². The van der Waals surface area contributed by atoms with Crippen molar-refractivity contribution in [3.8, 4) is 17.2 Å². The summed E-state index contributed by atoms with van der Waals surface area (Å²) in [5, 5.41) is 4.13. The van der Waals surface area contributed by atoms with Gasteiger partial charge in [-0.1, -0.05) is 41.9 Å². The molecule has 0 saturated carbocycles. The van der Waals surface area contributed by atoms with Crippen molar-refractivity contribution in [2.24, 2.45) is 0 Å². The van der Waals surface area contributed by atoms with Gasteiger partial charge in [0.05, 0.1) is 18.7 Å². The predicted octanol–water partition coefficient (Wildman–Crippen LogP) is 5.99. The summed E-state index contributed by atoms with van der Waals surface area (Å²) in [5.41, 5.74) is 3.21. The van der Waals surface area contributed by atoms with E-state index in [4.69, 9.17) is 25.8 Å². The molecule has 6 heteroatoms. The quantitative estimate of drug-likeness (QED) is 0.412. The Morgan fingerprint density at radius 2 is 1.62 bits per heavy atom. The van der Waals surface area contributed by atoms with Gasteiger partial charge in [-0.25, -0.2) is 0 Å². The van der Waals surface area contributed by atoms with Crippen molar-refractivity contribution >= 4 is 27.5 Å². The molecular weight excluding hydrogens is 454 g/mol. The normalized spacial score (nSPS) is 10.6. The van der Waals surface area contributed by atoms with Crippen LogP contribution in [-0.2, 0) is 19.7 Å². The lowest BCUT2D eigenvalue weighted by Gasteiger charge is -2.15. The van der Waals surface area contributed by atoms with Crippen molar-refractivity contribution in [2.75, 3.05) is 14.2 Å². The molecular formula is C23H23BrClNO3. The van der Waals surface area contributed by atoms with Gasteiger partial charge >= 0.3 is 0 Å². The summed E-state index contributed by atoms with van der Waals surface area (Å²) >= 11 is 9.82. The lowest BCUT2D eigenvalue weighted by atomic mass is 10.1. The highest BCUT2D eigenvalue weighted by molar-refractivity contribution is 9.10. The van der Waals surface area contributed by atoms with E-state index in [1.807, 2.05) is 60.7 Å². The Bertz CT molecular complexity index is 947. The topological polar surface area (TPSA) is 39.7 Å². The highest BCUT2D eigenvalue weighted by Gasteiger charge is 2.13. The van der Waals surface area contributed by atoms with Crippen LogP contribution in [0.5, 0.6) is 17.2 Å². The monoisotopic (exact) mass is 475 g/mol. The molecule has 3 rings (SSSR count). The van der Waals surface area contributed by atoms with E-state index in [0.29, 0.717) is 29.7 Å². The molecule has 0 bridgehead atoms. The minimum absolute atomic E-state index is 0.365. The van der Waals surface area contributed by atoms with E-state index < -0.39 is 0 Å². The summed E-state index contributed by atoms with van der Waals surface area (Å²) in [5.74, 6) is 2.19. The smallest absolute Gasteiger partial charge is 0.175 e. The summed E-state index contributed by atoms with van der Waals surface area (Å²) in [6.45, 7) is 1.82. The number of ether oxygens (including phenoxy) is 3. The van der Waals surface area contributed by atoms with Crippen LogP contribution in [0.2, 0.25) is 5.02 Å². The Balaban J connectivity index is 1.63. The van der Waals surface area contributed by atoms with Gasteiger partial charge in [0.15, 0.2) is 11.5 Å². The third kappa shape index (κ3) is 5.89. The minimum atomic E-state index is 0.365. The Kier molecular flexibility index (Phi) is 7.81. The lowest BCUT2D eigenvalue weighted by Crippen LogP contribution is -2.13. The van der Waals surface area contributed by atoms with Gasteiger partial charge in [-0.15, -0.1) is 0 Å². The summed E-state index contributed by atoms with van der Waals surface area (Å²) in [7, 11) is 3.30. The molecule has 0 saturated heterocycles. The number of benzene rings is 3. The Morgan fingerprint density at radius 3 is 2.31 bits per heavy atom. The standard InChI is InChI=1S/C23H23BrClNO3/c1-27-19-9-7-16(8-10-19)13-26-14-17-11-20(24)23(22(12-17)28-2)29-15-18-5-3-4-6-21(18)25/h3-12,26H,13-15H2,1-2H3. The second kappa shape index (κ2) is 10.5. The molecule has 0 unspecified atom stereocenters. The second-order valence-electron chi connectivity index (χ2n) is 6.44. The zero-order chi connectivity index (χ0) is 20.6. The van der Waals surface area contributed by atoms with E-state index in [2.05, 4.69) is 21.2 Å². The van der Waals surface area contributed by atoms with E-state index >= 15 is 0 Å². The Labute approximate surface area is 184 Å². The van der Waals surface area contributed by atoms with Crippen molar-refractivity contribution < 1.29 is 14.2 Å². The largest absolute Gasteiger partial charge is 0.497 e. The van der Waals surface area contributed by atoms with Gasteiger partial charge in [0.25, 0.3) is 0 Å². The average molecular weight is 477 g/mol. The molecule has 0 atom stereocenters. The number of nitrogens with one attached hydrogen (secondary N) is 1. The van der Waals surface area contributed by atoms with Gasteiger partial charge in [0, 0.05) is 23.7 Å². The fraction of sp³-hybridized carbons (Fsp3) is 0.217. The minimum Gasteiger partial charge on any atom is -0.497 e. The molecule has 0 heterocycles. The first-order valence-electron chi connectivity index (χ1n) is 9.17. The number of rotatable bonds is 9. The van der Waals surface area contributed by atoms with E-state index in [9.17, 15) is 0 Å². The first-order valence-corrected chi connectivity index (χ1v) is 10.3. The van der Waals surface area contributed by atoms with Gasteiger partial charge in [-0.3, -0.25) is 0 Å². The van der Waals surface area contributed by atoms with Crippen LogP contribution in [-0.4, -0.2) is 14.2 Å². The third-order valence-corrected chi connectivity index (χ3v) is 5.39. The molecule has 0 amide bonds. The molecule has 0 aliphatic heterocycles. The van der Waals surface area contributed by atoms with Crippen LogP contribution in [0.25, 0.3) is 0 Å². The molecule has 0 aliphatic carbocycles. The fourth-order valence-corrected chi connectivity index (χ4v) is 3.67. The number of hydrogen-bond donors (Lipinski definition) is 1. The van der Waals surface area contributed by atoms with Crippen LogP contribution in [0.4, 0.5) is 0 Å². The molecule has 0 aliphatic rings. The van der Waals surface area contributed by atoms with Crippen molar-refractivity contribution in [3.05, 3.63) is 86.8 Å². The zero-order valence-electron chi connectivity index (χ0n) is 16.4. The van der Waals surface area contributed by atoms with E-state index in [0.717, 1.165) is 27.9 Å². The molecule has 0 aromatic heterocycles. The van der Waals surface area contributed by atoms with Crippen LogP contribution in [0.1, 0.15) is 16.7 Å². The van der Waals surface area contributed by atoms with Crippen molar-refractivity contribution in [2.45, 2.75) is 19.7 Å². The third-order valence-electron chi connectivity index (χ3n) is 4.44. The second-order valence-corrected chi connectivity index (χ2v) is 7.70. The maximum atomic E-state index is 6.22. The maximum Gasteiger partial charge on any atom is 0.175 e. The van der Waals surface area contributed by atoms with Gasteiger partial charge < -0.3 is 19.5 Å². The first kappa shape index (κ1) is 21.5. The van der Waals surface area contributed by atoms with Crippen molar-refractivity contribution in [3.63, 3.8) is 0 Å². The predicted molar refractivity (Wildman–Crippen MR) is 120 cm³/mol. The average Bonchev–Trinajstić information content (AvgIpc) is 2.74. The Morgan fingerprint density at radius 1 is 0.897 bits per heavy atom. The lowest BCUT2D eigenvalue weighted by molar-refractivity contribution is 0.282. The van der Waals surface area contributed by atoms with Crippen LogP contribution in [0.15, 0.2) is 65.1 Å². The van der Waals surface area contributed by atoms with E-state index in [1.54, 1.807) is 14.2 Å². The molecule has 4 nitrogen and oxygen atoms in total. The van der Waals surface area contributed by atoms with Gasteiger partial charge in [0.2, 0.25) is 0 Å². The Hall–Kier alpha value is -2.21. The summed E-state index contributed by atoms with van der Waals surface area (Å²) in [6, 6.07) is 19.7. The van der Waals surface area contributed by atoms with Crippen LogP contribution >= 0.6 is 27.5 Å². The summed E-state index contributed by atoms with van der Waals surface area (Å²) in [6.07, 6.45) is 0. The van der Waals surface area contributed by atoms with Crippen LogP contribution in [0.3, 0.4) is 0 Å². The number of methoxy groups -OCH3 is 2. The molecule has 29 heavy (non-hydrogen) atoms. The number of halogens is 2. The van der Waals surface area contributed by atoms with Gasteiger partial charge in [-0.05, 0) is 57.4 Å². The van der Waals surface area contributed by atoms with Crippen LogP contribution < -0.4 is 19.5 Å². The molecule has 3 aromatic carbocycles. The van der Waals surface area contributed by atoms with Crippen molar-refractivity contribution in [1.82, 2.24) is 5.32 Å². The highest BCUT2D eigenvalue weighted by Crippen LogP contribution is 2.37. The molecule has 0 spiro atoms. The summed E-state index contributed by atoms with van der Waals surface area (Å²) in [4.78, 5) is 0. The molecule has 0 fully saturated rings. The molecule has 0 radical (unpaired) electrons. The zero-order valence-corrected chi connectivity index (χ0v) is 18.7. The number of hydrogen-bond acceptors (Lipinski definition) is 4. The maximum absolute atomic E-state index is 6.22. The molecule has 1 N–H and O–H groups in total. The fourth-order valence-electron chi connectivity index (χ4n) is 2.88. The molecule has 152 valence electrons. The van der Waals surface area contributed by atoms with Gasteiger partial charge in [0.1, 0.15) is 12.4 Å². The summed E-state index contributed by atoms with van der Waals surface area (Å²) < 4.78 is 17.6.